The molecule has 1 aliphatic heterocycles. The van der Waals surface area contributed by atoms with Crippen LogP contribution in [0.2, 0.25) is 0 Å². The molecule has 3 rings (SSSR count). The fourth-order valence-electron chi connectivity index (χ4n) is 3.24. The number of nitrogens with zero attached hydrogens (tertiary/aromatic N) is 3. The van der Waals surface area contributed by atoms with E-state index >= 15 is 0 Å². The van der Waals surface area contributed by atoms with Gasteiger partial charge in [-0.25, -0.2) is 0 Å². The Bertz CT molecular complexity index is 738. The number of aromatic nitrogens is 2. The number of carbonyl (C=O) groups is 1. The summed E-state index contributed by atoms with van der Waals surface area (Å²) in [5, 5.41) is 7.72. The fraction of sp³-hybridized carbons (Fsp3) is 0.368. The van der Waals surface area contributed by atoms with Crippen LogP contribution < -0.4 is 11.1 Å². The quantitative estimate of drug-likeness (QED) is 0.799. The molecule has 0 saturated carbocycles. The molecule has 2 aromatic rings. The number of rotatable bonds is 7. The van der Waals surface area contributed by atoms with Crippen LogP contribution in [0, 0.1) is 0 Å². The number of amides is 1. The lowest BCUT2D eigenvalue weighted by atomic mass is 10.2. The molecule has 132 valence electrons. The first-order chi connectivity index (χ1) is 12.1. The Morgan fingerprint density at radius 3 is 2.96 bits per heavy atom. The van der Waals surface area contributed by atoms with E-state index in [1.165, 1.54) is 5.56 Å². The molecule has 25 heavy (non-hydrogen) atoms. The molecule has 1 aliphatic rings. The number of benzene rings is 1. The first-order valence-corrected chi connectivity index (χ1v) is 8.61. The van der Waals surface area contributed by atoms with Gasteiger partial charge in [-0.05, 0) is 12.0 Å². The van der Waals surface area contributed by atoms with Gasteiger partial charge in [0.15, 0.2) is 5.69 Å². The standard InChI is InChI=1S/C19H25N5O/c1-23-12-16(18(22-23)19(20)25)13-24-11-9-17(14-24)21-10-5-8-15-6-3-2-4-7-15/h2-8,12,17,21H,9-11,13-14H2,1H3,(H2,20,25)/b8-5+. The van der Waals surface area contributed by atoms with Crippen LogP contribution in [0.5, 0.6) is 0 Å². The van der Waals surface area contributed by atoms with Gasteiger partial charge in [0.2, 0.25) is 0 Å². The minimum atomic E-state index is -0.462. The van der Waals surface area contributed by atoms with Crippen molar-refractivity contribution in [3.05, 3.63) is 59.4 Å². The van der Waals surface area contributed by atoms with Gasteiger partial charge in [0.1, 0.15) is 0 Å². The Labute approximate surface area is 148 Å². The lowest BCUT2D eigenvalue weighted by Gasteiger charge is -2.15. The van der Waals surface area contributed by atoms with Crippen LogP contribution in [-0.4, -0.2) is 46.3 Å². The van der Waals surface area contributed by atoms with Gasteiger partial charge < -0.3 is 11.1 Å². The van der Waals surface area contributed by atoms with E-state index in [-0.39, 0.29) is 0 Å². The van der Waals surface area contributed by atoms with Crippen molar-refractivity contribution >= 4 is 12.0 Å². The highest BCUT2D eigenvalue weighted by molar-refractivity contribution is 5.92. The van der Waals surface area contributed by atoms with Gasteiger partial charge >= 0.3 is 0 Å². The van der Waals surface area contributed by atoms with E-state index in [4.69, 9.17) is 5.73 Å². The number of nitrogens with one attached hydrogen (secondary N) is 1. The number of aryl methyl sites for hydroxylation is 1. The van der Waals surface area contributed by atoms with Gasteiger partial charge in [-0.15, -0.1) is 0 Å². The summed E-state index contributed by atoms with van der Waals surface area (Å²) in [6.45, 7) is 3.54. The topological polar surface area (TPSA) is 76.2 Å². The monoisotopic (exact) mass is 339 g/mol. The smallest absolute Gasteiger partial charge is 0.269 e. The summed E-state index contributed by atoms with van der Waals surface area (Å²) in [5.41, 5.74) is 7.90. The number of likely N-dealkylation sites (tertiary alicyclic amines) is 1. The van der Waals surface area contributed by atoms with Crippen molar-refractivity contribution in [1.29, 1.82) is 0 Å². The molecule has 1 aromatic heterocycles. The Kier molecular flexibility index (Phi) is 5.63. The summed E-state index contributed by atoms with van der Waals surface area (Å²) >= 11 is 0. The minimum Gasteiger partial charge on any atom is -0.364 e. The second kappa shape index (κ2) is 8.09. The van der Waals surface area contributed by atoms with Gasteiger partial charge in [0, 0.05) is 51.0 Å². The third kappa shape index (κ3) is 4.78. The summed E-state index contributed by atoms with van der Waals surface area (Å²) < 4.78 is 1.65. The second-order valence-corrected chi connectivity index (χ2v) is 6.48. The Hall–Kier alpha value is -2.44. The van der Waals surface area contributed by atoms with Gasteiger partial charge in [0.05, 0.1) is 0 Å². The zero-order valence-corrected chi connectivity index (χ0v) is 14.6. The molecule has 1 saturated heterocycles. The van der Waals surface area contributed by atoms with Crippen LogP contribution in [0.1, 0.15) is 28.0 Å². The largest absolute Gasteiger partial charge is 0.364 e. The number of hydrogen-bond acceptors (Lipinski definition) is 4. The Balaban J connectivity index is 1.46. The highest BCUT2D eigenvalue weighted by Gasteiger charge is 2.24. The molecule has 1 fully saturated rings. The minimum absolute atomic E-state index is 0.379. The molecule has 1 amide bonds. The molecule has 0 aliphatic carbocycles. The van der Waals surface area contributed by atoms with E-state index in [0.29, 0.717) is 18.3 Å². The predicted molar refractivity (Wildman–Crippen MR) is 98.9 cm³/mol. The van der Waals surface area contributed by atoms with Crippen LogP contribution in [0.4, 0.5) is 0 Å². The Morgan fingerprint density at radius 1 is 1.40 bits per heavy atom. The number of nitrogens with two attached hydrogens (primary N) is 1. The third-order valence-electron chi connectivity index (χ3n) is 4.44. The van der Waals surface area contributed by atoms with Gasteiger partial charge in [0.25, 0.3) is 5.91 Å². The summed E-state index contributed by atoms with van der Waals surface area (Å²) in [4.78, 5) is 13.8. The van der Waals surface area contributed by atoms with Crippen LogP contribution in [-0.2, 0) is 13.6 Å². The fourth-order valence-corrected chi connectivity index (χ4v) is 3.24. The second-order valence-electron chi connectivity index (χ2n) is 6.48. The van der Waals surface area contributed by atoms with Crippen LogP contribution in [0.25, 0.3) is 6.08 Å². The average molecular weight is 339 g/mol. The molecular formula is C19H25N5O. The lowest BCUT2D eigenvalue weighted by molar-refractivity contribution is 0.0993. The molecule has 0 spiro atoms. The van der Waals surface area contributed by atoms with Crippen molar-refractivity contribution in [2.45, 2.75) is 19.0 Å². The van der Waals surface area contributed by atoms with Crippen molar-refractivity contribution in [2.24, 2.45) is 12.8 Å². The highest BCUT2D eigenvalue weighted by atomic mass is 16.1. The number of carbonyl (C=O) groups excluding carboxylic acids is 1. The molecule has 6 heteroatoms. The van der Waals surface area contributed by atoms with Gasteiger partial charge in [-0.2, -0.15) is 5.10 Å². The van der Waals surface area contributed by atoms with E-state index in [2.05, 4.69) is 39.6 Å². The van der Waals surface area contributed by atoms with E-state index in [1.807, 2.05) is 31.4 Å². The van der Waals surface area contributed by atoms with E-state index < -0.39 is 5.91 Å². The van der Waals surface area contributed by atoms with Crippen LogP contribution in [0.3, 0.4) is 0 Å². The maximum absolute atomic E-state index is 11.5. The van der Waals surface area contributed by atoms with E-state index in [0.717, 1.165) is 31.6 Å². The molecule has 1 unspecified atom stereocenters. The maximum atomic E-state index is 11.5. The maximum Gasteiger partial charge on any atom is 0.269 e. The zero-order chi connectivity index (χ0) is 17.6. The summed E-state index contributed by atoms with van der Waals surface area (Å²) in [7, 11) is 1.81. The summed E-state index contributed by atoms with van der Waals surface area (Å²) in [5.74, 6) is -0.462. The third-order valence-corrected chi connectivity index (χ3v) is 4.44. The average Bonchev–Trinajstić information content (AvgIpc) is 3.19. The van der Waals surface area contributed by atoms with Crippen molar-refractivity contribution in [1.82, 2.24) is 20.0 Å². The van der Waals surface area contributed by atoms with Gasteiger partial charge in [-0.1, -0.05) is 42.5 Å². The molecule has 6 nitrogen and oxygen atoms in total. The molecule has 1 aromatic carbocycles. The zero-order valence-electron chi connectivity index (χ0n) is 14.6. The normalized spacial score (nSPS) is 18.2. The van der Waals surface area contributed by atoms with E-state index in [1.54, 1.807) is 4.68 Å². The van der Waals surface area contributed by atoms with Crippen molar-refractivity contribution < 1.29 is 4.79 Å². The molecule has 3 N–H and O–H groups in total. The van der Waals surface area contributed by atoms with E-state index in [9.17, 15) is 4.79 Å². The summed E-state index contributed by atoms with van der Waals surface area (Å²) in [6, 6.07) is 10.8. The predicted octanol–water partition coefficient (Wildman–Crippen LogP) is 1.40. The lowest BCUT2D eigenvalue weighted by Crippen LogP contribution is -2.32. The molecular weight excluding hydrogens is 314 g/mol. The van der Waals surface area contributed by atoms with Crippen molar-refractivity contribution in [2.75, 3.05) is 19.6 Å². The molecule has 1 atom stereocenters. The molecule has 0 radical (unpaired) electrons. The van der Waals surface area contributed by atoms with Crippen molar-refractivity contribution in [3.8, 4) is 0 Å². The van der Waals surface area contributed by atoms with Crippen LogP contribution in [0.15, 0.2) is 42.6 Å². The first-order valence-electron chi connectivity index (χ1n) is 8.61. The van der Waals surface area contributed by atoms with Crippen LogP contribution >= 0.6 is 0 Å². The SMILES string of the molecule is Cn1cc(CN2CCC(NC/C=C/c3ccccc3)C2)c(C(N)=O)n1. The summed E-state index contributed by atoms with van der Waals surface area (Å²) in [6.07, 6.45) is 7.27. The number of hydrogen-bond donors (Lipinski definition) is 2. The molecule has 2 heterocycles. The van der Waals surface area contributed by atoms with Crippen molar-refractivity contribution in [3.63, 3.8) is 0 Å². The first kappa shape index (κ1) is 17.4. The van der Waals surface area contributed by atoms with Gasteiger partial charge in [-0.3, -0.25) is 14.4 Å². The Morgan fingerprint density at radius 2 is 2.20 bits per heavy atom. The highest BCUT2D eigenvalue weighted by Crippen LogP contribution is 2.15. The molecule has 0 bridgehead atoms. The number of primary amides is 1.